The van der Waals surface area contributed by atoms with Crippen LogP contribution in [0.5, 0.6) is 5.75 Å². The Labute approximate surface area is 152 Å². The Morgan fingerprint density at radius 3 is 2.37 bits per heavy atom. The van der Waals surface area contributed by atoms with Gasteiger partial charge in [0.15, 0.2) is 0 Å². The van der Waals surface area contributed by atoms with Gasteiger partial charge < -0.3 is 9.26 Å². The number of aryl methyl sites for hydroxylation is 1. The molecule has 0 aliphatic heterocycles. The summed E-state index contributed by atoms with van der Waals surface area (Å²) < 4.78 is 62.0. The topological polar surface area (TPSA) is 48.2 Å². The highest BCUT2D eigenvalue weighted by atomic mass is 19.4. The van der Waals surface area contributed by atoms with Crippen molar-refractivity contribution in [1.82, 2.24) is 10.1 Å². The van der Waals surface area contributed by atoms with Crippen molar-refractivity contribution in [2.24, 2.45) is 0 Å². The van der Waals surface area contributed by atoms with Gasteiger partial charge in [-0.15, -0.1) is 0 Å². The minimum absolute atomic E-state index is 0.0490. The molecule has 2 aromatic carbocycles. The lowest BCUT2D eigenvalue weighted by Gasteiger charge is -2.13. The highest BCUT2D eigenvalue weighted by molar-refractivity contribution is 5.62. The third kappa shape index (κ3) is 4.27. The Kier molecular flexibility index (Phi) is 5.43. The summed E-state index contributed by atoms with van der Waals surface area (Å²) >= 11 is 0. The van der Waals surface area contributed by atoms with Gasteiger partial charge in [0.25, 0.3) is 5.89 Å². The van der Waals surface area contributed by atoms with Gasteiger partial charge >= 0.3 is 6.18 Å². The van der Waals surface area contributed by atoms with Crippen molar-refractivity contribution in [1.29, 1.82) is 0 Å². The molecule has 0 aliphatic rings. The minimum Gasteiger partial charge on any atom is -0.490 e. The molecule has 0 atom stereocenters. The van der Waals surface area contributed by atoms with E-state index in [4.69, 9.17) is 9.26 Å². The maximum atomic E-state index is 13.3. The molecule has 27 heavy (non-hydrogen) atoms. The van der Waals surface area contributed by atoms with Crippen LogP contribution in [0.4, 0.5) is 17.6 Å². The Morgan fingerprint density at radius 2 is 1.74 bits per heavy atom. The molecule has 0 bridgehead atoms. The van der Waals surface area contributed by atoms with Crippen molar-refractivity contribution in [3.8, 4) is 28.6 Å². The summed E-state index contributed by atoms with van der Waals surface area (Å²) in [5.41, 5.74) is 0.904. The average Bonchev–Trinajstić information content (AvgIpc) is 3.15. The molecule has 1 aromatic heterocycles. The number of hydrogen-bond donors (Lipinski definition) is 0. The minimum atomic E-state index is -4.67. The quantitative estimate of drug-likeness (QED) is 0.543. The highest BCUT2D eigenvalue weighted by Crippen LogP contribution is 2.38. The smallest absolute Gasteiger partial charge is 0.419 e. The summed E-state index contributed by atoms with van der Waals surface area (Å²) in [4.78, 5) is 4.18. The van der Waals surface area contributed by atoms with Gasteiger partial charge in [0, 0.05) is 11.1 Å². The monoisotopic (exact) mass is 379 g/mol. The fourth-order valence-corrected chi connectivity index (χ4v) is 2.51. The first-order valence-corrected chi connectivity index (χ1v) is 8.25. The third-order valence-electron chi connectivity index (χ3n) is 3.91. The predicted molar refractivity (Wildman–Crippen MR) is 91.0 cm³/mol. The van der Waals surface area contributed by atoms with Gasteiger partial charge in [-0.1, -0.05) is 36.3 Å². The highest BCUT2D eigenvalue weighted by Gasteiger charge is 2.35. The first-order chi connectivity index (χ1) is 12.9. The Bertz CT molecular complexity index is 905. The molecule has 3 rings (SSSR count). The van der Waals surface area contributed by atoms with Crippen LogP contribution >= 0.6 is 0 Å². The molecule has 3 aromatic rings. The second-order valence-electron chi connectivity index (χ2n) is 5.72. The van der Waals surface area contributed by atoms with E-state index in [9.17, 15) is 17.6 Å². The molecule has 1 heterocycles. The van der Waals surface area contributed by atoms with Crippen molar-refractivity contribution in [3.05, 3.63) is 53.6 Å². The molecule has 0 saturated heterocycles. The van der Waals surface area contributed by atoms with E-state index in [1.54, 1.807) is 0 Å². The van der Waals surface area contributed by atoms with Crippen LogP contribution in [0.15, 0.2) is 47.0 Å². The Balaban J connectivity index is 1.93. The second kappa shape index (κ2) is 7.77. The third-order valence-corrected chi connectivity index (χ3v) is 3.91. The van der Waals surface area contributed by atoms with Crippen LogP contribution in [0.2, 0.25) is 0 Å². The van der Waals surface area contributed by atoms with Crippen molar-refractivity contribution in [3.63, 3.8) is 0 Å². The van der Waals surface area contributed by atoms with Gasteiger partial charge in [-0.25, -0.2) is 4.39 Å². The summed E-state index contributed by atoms with van der Waals surface area (Å²) in [6, 6.07) is 10.8. The number of nitrogens with zero attached hydrogens (tertiary/aromatic N) is 2. The Hall–Kier alpha value is -2.90. The fourth-order valence-electron chi connectivity index (χ4n) is 2.51. The number of alkyl halides is 4. The largest absolute Gasteiger partial charge is 0.490 e. The normalized spacial score (nSPS) is 11.6. The molecule has 0 spiro atoms. The molecule has 142 valence electrons. The van der Waals surface area contributed by atoms with Crippen LogP contribution in [0.25, 0.3) is 22.8 Å². The van der Waals surface area contributed by atoms with Gasteiger partial charge in [0.1, 0.15) is 19.0 Å². The molecule has 8 heteroatoms. The first-order valence-electron chi connectivity index (χ1n) is 8.25. The summed E-state index contributed by atoms with van der Waals surface area (Å²) in [5, 5.41) is 3.83. The van der Waals surface area contributed by atoms with Crippen LogP contribution < -0.4 is 4.74 Å². The molecule has 0 amide bonds. The van der Waals surface area contributed by atoms with E-state index in [1.165, 1.54) is 6.07 Å². The molecule has 0 N–H and O–H groups in total. The zero-order valence-electron chi connectivity index (χ0n) is 14.4. The summed E-state index contributed by atoms with van der Waals surface area (Å²) in [6.45, 7) is 0.685. The lowest BCUT2D eigenvalue weighted by molar-refractivity contribution is -0.138. The molecule has 0 radical (unpaired) electrons. The predicted octanol–water partition coefficient (Wildman–Crippen LogP) is 5.33. The van der Waals surface area contributed by atoms with Gasteiger partial charge in [-0.2, -0.15) is 18.2 Å². The molecule has 0 unspecified atom stereocenters. The van der Waals surface area contributed by atoms with Crippen LogP contribution in [-0.4, -0.2) is 23.4 Å². The number of aromatic nitrogens is 2. The second-order valence-corrected chi connectivity index (χ2v) is 5.72. The summed E-state index contributed by atoms with van der Waals surface area (Å²) in [7, 11) is 0. The molecular weight excluding hydrogens is 363 g/mol. The van der Waals surface area contributed by atoms with E-state index >= 15 is 0 Å². The number of rotatable bonds is 6. The molecule has 0 saturated carbocycles. The van der Waals surface area contributed by atoms with Crippen molar-refractivity contribution in [2.45, 2.75) is 19.5 Å². The Morgan fingerprint density at radius 1 is 1.04 bits per heavy atom. The summed E-state index contributed by atoms with van der Waals surface area (Å²) in [5.74, 6) is -0.218. The molecule has 4 nitrogen and oxygen atoms in total. The van der Waals surface area contributed by atoms with Crippen LogP contribution in [-0.2, 0) is 12.6 Å². The van der Waals surface area contributed by atoms with Crippen molar-refractivity contribution >= 4 is 0 Å². The number of benzene rings is 2. The molecule has 0 aliphatic carbocycles. The van der Waals surface area contributed by atoms with Gasteiger partial charge in [0.2, 0.25) is 5.82 Å². The van der Waals surface area contributed by atoms with Crippen molar-refractivity contribution in [2.75, 3.05) is 13.3 Å². The van der Waals surface area contributed by atoms with Crippen molar-refractivity contribution < 1.29 is 26.8 Å². The maximum Gasteiger partial charge on any atom is 0.419 e. The van der Waals surface area contributed by atoms with E-state index in [0.717, 1.165) is 24.1 Å². The van der Waals surface area contributed by atoms with E-state index in [1.807, 2.05) is 31.2 Å². The van der Waals surface area contributed by atoms with Crippen LogP contribution in [0.3, 0.4) is 0 Å². The van der Waals surface area contributed by atoms with E-state index in [2.05, 4.69) is 10.1 Å². The van der Waals surface area contributed by atoms with E-state index in [0.29, 0.717) is 5.56 Å². The van der Waals surface area contributed by atoms with Gasteiger partial charge in [0.05, 0.1) is 5.56 Å². The zero-order chi connectivity index (χ0) is 19.4. The van der Waals surface area contributed by atoms with Crippen LogP contribution in [0.1, 0.15) is 18.1 Å². The van der Waals surface area contributed by atoms with Crippen LogP contribution in [0, 0.1) is 0 Å². The SMILES string of the molecule is CCc1ccc(-c2noc(-c3ccc(OCC[18F])c(C(F)(F)F)c3)n2)cc1. The molecular formula is C19H16F4N2O2. The summed E-state index contributed by atoms with van der Waals surface area (Å²) in [6.07, 6.45) is -3.78. The van der Waals surface area contributed by atoms with E-state index in [-0.39, 0.29) is 17.3 Å². The number of ether oxygens (including phenoxy) is 1. The standard InChI is InChI=1S/C19H16F4N2O2/c1-2-12-3-5-13(6-4-12)17-24-18(27-25-17)14-7-8-16(26-10-9-20)15(11-14)19(21,22)23/h3-8,11H,2,9-10H2,1H3/i20-1. The van der Waals surface area contributed by atoms with Gasteiger partial charge in [-0.05, 0) is 30.2 Å². The number of halogens is 4. The van der Waals surface area contributed by atoms with Gasteiger partial charge in [-0.3, -0.25) is 0 Å². The number of hydrogen-bond acceptors (Lipinski definition) is 4. The van der Waals surface area contributed by atoms with E-state index < -0.39 is 30.8 Å². The molecule has 0 fully saturated rings. The fraction of sp³-hybridized carbons (Fsp3) is 0.263. The zero-order valence-corrected chi connectivity index (χ0v) is 14.4. The maximum absolute atomic E-state index is 13.3. The lowest BCUT2D eigenvalue weighted by Crippen LogP contribution is -2.10. The first kappa shape index (κ1) is 18.9. The lowest BCUT2D eigenvalue weighted by atomic mass is 10.1. The average molecular weight is 379 g/mol.